The molecule has 2 atom stereocenters. The average molecular weight is 363 g/mol. The van der Waals surface area contributed by atoms with Crippen molar-refractivity contribution >= 4 is 22.7 Å². The molecular formula is C19H21N7O. The Labute approximate surface area is 156 Å². The number of rotatable bonds is 2. The standard InChI is InChI=1S/C19H21N7O/c1-12-5-21-11-22-17(12)25-7-13-9-26(10-14(13)8-25)19-23-16-6-20-4-3-15(16)18(27)24(19)2/h3-6,11,13-14H,7-10H2,1-2H3. The van der Waals surface area contributed by atoms with E-state index in [1.165, 1.54) is 0 Å². The molecule has 8 heteroatoms. The molecule has 2 saturated heterocycles. The summed E-state index contributed by atoms with van der Waals surface area (Å²) in [6, 6.07) is 1.73. The number of pyridine rings is 1. The second-order valence-electron chi connectivity index (χ2n) is 7.53. The first-order valence-electron chi connectivity index (χ1n) is 9.19. The van der Waals surface area contributed by atoms with Crippen LogP contribution in [0.4, 0.5) is 11.8 Å². The molecule has 0 bridgehead atoms. The third-order valence-electron chi connectivity index (χ3n) is 5.79. The maximum atomic E-state index is 12.7. The van der Waals surface area contributed by atoms with Gasteiger partial charge in [0, 0.05) is 63.0 Å². The fraction of sp³-hybridized carbons (Fsp3) is 0.421. The minimum atomic E-state index is -0.0207. The number of aromatic nitrogens is 5. The van der Waals surface area contributed by atoms with E-state index >= 15 is 0 Å². The van der Waals surface area contributed by atoms with E-state index in [4.69, 9.17) is 4.98 Å². The van der Waals surface area contributed by atoms with Gasteiger partial charge in [-0.3, -0.25) is 14.3 Å². The molecule has 2 fully saturated rings. The lowest BCUT2D eigenvalue weighted by atomic mass is 10.0. The summed E-state index contributed by atoms with van der Waals surface area (Å²) in [5, 5.41) is 0.612. The first-order valence-corrected chi connectivity index (χ1v) is 9.19. The molecule has 2 unspecified atom stereocenters. The van der Waals surface area contributed by atoms with E-state index in [1.54, 1.807) is 36.4 Å². The Morgan fingerprint density at radius 1 is 1.04 bits per heavy atom. The normalized spacial score (nSPS) is 21.9. The number of hydrogen-bond acceptors (Lipinski definition) is 7. The van der Waals surface area contributed by atoms with Gasteiger partial charge in [-0.25, -0.2) is 15.0 Å². The van der Waals surface area contributed by atoms with Crippen LogP contribution in [-0.4, -0.2) is 50.7 Å². The Morgan fingerprint density at radius 3 is 2.52 bits per heavy atom. The summed E-state index contributed by atoms with van der Waals surface area (Å²) in [6.45, 7) is 5.80. The van der Waals surface area contributed by atoms with Crippen LogP contribution >= 0.6 is 0 Å². The molecular weight excluding hydrogens is 342 g/mol. The summed E-state index contributed by atoms with van der Waals surface area (Å²) in [5.41, 5.74) is 1.75. The van der Waals surface area contributed by atoms with E-state index in [1.807, 2.05) is 6.20 Å². The summed E-state index contributed by atoms with van der Waals surface area (Å²) in [5.74, 6) is 2.86. The van der Waals surface area contributed by atoms with Gasteiger partial charge in [0.2, 0.25) is 5.95 Å². The van der Waals surface area contributed by atoms with Gasteiger partial charge in [-0.2, -0.15) is 0 Å². The van der Waals surface area contributed by atoms with Crippen molar-refractivity contribution in [3.63, 3.8) is 0 Å². The Hall–Kier alpha value is -3.03. The Balaban J connectivity index is 1.41. The Morgan fingerprint density at radius 2 is 1.78 bits per heavy atom. The average Bonchev–Trinajstić information content (AvgIpc) is 3.24. The van der Waals surface area contributed by atoms with Crippen LogP contribution in [0.5, 0.6) is 0 Å². The summed E-state index contributed by atoms with van der Waals surface area (Å²) >= 11 is 0. The third-order valence-corrected chi connectivity index (χ3v) is 5.79. The van der Waals surface area contributed by atoms with Gasteiger partial charge in [0.15, 0.2) is 0 Å². The van der Waals surface area contributed by atoms with Crippen LogP contribution in [0.3, 0.4) is 0 Å². The highest BCUT2D eigenvalue weighted by atomic mass is 16.1. The van der Waals surface area contributed by atoms with E-state index in [0.29, 0.717) is 22.7 Å². The third kappa shape index (κ3) is 2.55. The monoisotopic (exact) mass is 363 g/mol. The van der Waals surface area contributed by atoms with Crippen molar-refractivity contribution in [2.75, 3.05) is 36.0 Å². The lowest BCUT2D eigenvalue weighted by Gasteiger charge is -2.25. The van der Waals surface area contributed by atoms with Crippen LogP contribution in [0.1, 0.15) is 5.56 Å². The van der Waals surface area contributed by atoms with Gasteiger partial charge in [0.25, 0.3) is 5.56 Å². The number of hydrogen-bond donors (Lipinski definition) is 0. The van der Waals surface area contributed by atoms with Crippen LogP contribution in [-0.2, 0) is 7.05 Å². The van der Waals surface area contributed by atoms with E-state index in [2.05, 4.69) is 31.7 Å². The van der Waals surface area contributed by atoms with Crippen molar-refractivity contribution < 1.29 is 0 Å². The molecule has 5 heterocycles. The molecule has 0 aromatic carbocycles. The van der Waals surface area contributed by atoms with Crippen molar-refractivity contribution in [2.24, 2.45) is 18.9 Å². The number of fused-ring (bicyclic) bond motifs is 2. The number of anilines is 2. The van der Waals surface area contributed by atoms with E-state index in [9.17, 15) is 4.79 Å². The van der Waals surface area contributed by atoms with Crippen LogP contribution in [0.15, 0.2) is 35.8 Å². The molecule has 0 radical (unpaired) electrons. The zero-order valence-corrected chi connectivity index (χ0v) is 15.4. The van der Waals surface area contributed by atoms with Crippen molar-refractivity contribution in [2.45, 2.75) is 6.92 Å². The van der Waals surface area contributed by atoms with Crippen LogP contribution in [0.25, 0.3) is 10.9 Å². The number of aryl methyl sites for hydroxylation is 1. The predicted octanol–water partition coefficient (Wildman–Crippen LogP) is 1.000. The van der Waals surface area contributed by atoms with Gasteiger partial charge in [-0.1, -0.05) is 0 Å². The van der Waals surface area contributed by atoms with E-state index in [-0.39, 0.29) is 5.56 Å². The maximum absolute atomic E-state index is 12.7. The summed E-state index contributed by atoms with van der Waals surface area (Å²) in [4.78, 5) is 34.7. The highest BCUT2D eigenvalue weighted by molar-refractivity contribution is 5.77. The topological polar surface area (TPSA) is 80.0 Å². The molecule has 3 aromatic heterocycles. The minimum Gasteiger partial charge on any atom is -0.356 e. The van der Waals surface area contributed by atoms with Gasteiger partial charge in [-0.15, -0.1) is 0 Å². The van der Waals surface area contributed by atoms with Gasteiger partial charge in [0.1, 0.15) is 12.1 Å². The van der Waals surface area contributed by atoms with Crippen molar-refractivity contribution in [3.8, 4) is 0 Å². The molecule has 0 saturated carbocycles. The molecule has 2 aliphatic rings. The summed E-state index contributed by atoms with van der Waals surface area (Å²) in [7, 11) is 1.80. The van der Waals surface area contributed by atoms with Crippen LogP contribution < -0.4 is 15.4 Å². The van der Waals surface area contributed by atoms with Crippen molar-refractivity contribution in [1.29, 1.82) is 0 Å². The largest absolute Gasteiger partial charge is 0.356 e. The van der Waals surface area contributed by atoms with Crippen molar-refractivity contribution in [1.82, 2.24) is 24.5 Å². The first-order chi connectivity index (χ1) is 13.1. The molecule has 0 aliphatic carbocycles. The Bertz CT molecular complexity index is 1070. The highest BCUT2D eigenvalue weighted by Gasteiger charge is 2.41. The van der Waals surface area contributed by atoms with E-state index < -0.39 is 0 Å². The minimum absolute atomic E-state index is 0.0207. The molecule has 2 aliphatic heterocycles. The van der Waals surface area contributed by atoms with Crippen molar-refractivity contribution in [3.05, 3.63) is 46.9 Å². The van der Waals surface area contributed by atoms with Gasteiger partial charge in [-0.05, 0) is 13.0 Å². The number of nitrogens with zero attached hydrogens (tertiary/aromatic N) is 7. The van der Waals surface area contributed by atoms with Gasteiger partial charge < -0.3 is 9.80 Å². The fourth-order valence-electron chi connectivity index (χ4n) is 4.45. The molecule has 0 N–H and O–H groups in total. The predicted molar refractivity (Wildman–Crippen MR) is 103 cm³/mol. The second-order valence-corrected chi connectivity index (χ2v) is 7.53. The summed E-state index contributed by atoms with van der Waals surface area (Å²) in [6.07, 6.45) is 6.78. The molecule has 5 rings (SSSR count). The Kier molecular flexibility index (Phi) is 3.60. The molecule has 8 nitrogen and oxygen atoms in total. The van der Waals surface area contributed by atoms with Crippen LogP contribution in [0.2, 0.25) is 0 Å². The quantitative estimate of drug-likeness (QED) is 0.672. The SMILES string of the molecule is Cc1cncnc1N1CC2CN(c3nc4cnccc4c(=O)n3C)CC2C1. The molecule has 3 aromatic rings. The highest BCUT2D eigenvalue weighted by Crippen LogP contribution is 2.35. The smallest absolute Gasteiger partial charge is 0.262 e. The molecule has 27 heavy (non-hydrogen) atoms. The van der Waals surface area contributed by atoms with Gasteiger partial charge >= 0.3 is 0 Å². The first kappa shape index (κ1) is 16.2. The lowest BCUT2D eigenvalue weighted by Crippen LogP contribution is -2.34. The molecule has 0 spiro atoms. The molecule has 138 valence electrons. The van der Waals surface area contributed by atoms with Gasteiger partial charge in [0.05, 0.1) is 17.1 Å². The summed E-state index contributed by atoms with van der Waals surface area (Å²) < 4.78 is 1.66. The lowest BCUT2D eigenvalue weighted by molar-refractivity contribution is 0.533. The maximum Gasteiger partial charge on any atom is 0.262 e. The van der Waals surface area contributed by atoms with E-state index in [0.717, 1.165) is 43.5 Å². The molecule has 0 amide bonds. The fourth-order valence-corrected chi connectivity index (χ4v) is 4.45. The zero-order chi connectivity index (χ0) is 18.5. The van der Waals surface area contributed by atoms with Crippen LogP contribution in [0, 0.1) is 18.8 Å². The zero-order valence-electron chi connectivity index (χ0n) is 15.4. The second kappa shape index (κ2) is 6.00.